The lowest BCUT2D eigenvalue weighted by molar-refractivity contribution is -0.112. The van der Waals surface area contributed by atoms with Crippen LogP contribution in [-0.2, 0) is 78.0 Å². The lowest BCUT2D eigenvalue weighted by Crippen LogP contribution is -2.19. The van der Waals surface area contributed by atoms with Gasteiger partial charge in [-0.3, -0.25) is 43.4 Å². The first-order valence-corrected chi connectivity index (χ1v) is 34.0. The number of anilines is 3. The molecule has 2 fully saturated rings. The van der Waals surface area contributed by atoms with E-state index in [1.807, 2.05) is 18.2 Å². The molecule has 14 rings (SSSR count). The lowest BCUT2D eigenvalue weighted by Gasteiger charge is -2.21. The van der Waals surface area contributed by atoms with Gasteiger partial charge in [0.25, 0.3) is 0 Å². The molecule has 560 valence electrons. The number of pyridine rings is 3. The number of nitrogens with zero attached hydrogens (tertiary/aromatic N) is 9. The number of nitrogens with one attached hydrogen (secondary N) is 3. The third kappa shape index (κ3) is 14.7. The molecule has 0 aliphatic heterocycles. The fraction of sp³-hybridized carbons (Fsp3) is 0.260. The Labute approximate surface area is 616 Å². The summed E-state index contributed by atoms with van der Waals surface area (Å²) >= 11 is 0.662. The smallest absolute Gasteiger partial charge is 0.313 e. The van der Waals surface area contributed by atoms with Crippen molar-refractivity contribution in [1.29, 1.82) is 0 Å². The molecular weight excluding hydrogens is 1440 g/mol. The van der Waals surface area contributed by atoms with Gasteiger partial charge in [0.05, 0.1) is 98.0 Å². The van der Waals surface area contributed by atoms with Gasteiger partial charge in [0.2, 0.25) is 17.7 Å². The summed E-state index contributed by atoms with van der Waals surface area (Å²) in [6.07, 6.45) is 19.2. The molecule has 108 heavy (non-hydrogen) atoms. The molecule has 0 spiro atoms. The van der Waals surface area contributed by atoms with Crippen LogP contribution >= 0.6 is 11.3 Å². The number of allylic oxidation sites excluding steroid dienone is 1. The number of thiophene rings is 1. The second-order valence-electron chi connectivity index (χ2n) is 25.6. The summed E-state index contributed by atoms with van der Waals surface area (Å²) in [7, 11) is 12.7. The predicted octanol–water partition coefficient (Wildman–Crippen LogP) is 14.3. The van der Waals surface area contributed by atoms with Crippen molar-refractivity contribution in [2.45, 2.75) is 68.1 Å². The summed E-state index contributed by atoms with van der Waals surface area (Å²) in [6.45, 7) is 10.4. The summed E-state index contributed by atoms with van der Waals surface area (Å²) in [6, 6.07) is 11.6. The largest absolute Gasteiger partial charge is 0.494 e. The zero-order valence-corrected chi connectivity index (χ0v) is 60.5. The fourth-order valence-electron chi connectivity index (χ4n) is 13.1. The topological polar surface area (TPSA) is 248 Å². The fourth-order valence-corrected chi connectivity index (χ4v) is 14.1. The van der Waals surface area contributed by atoms with Crippen molar-refractivity contribution in [1.82, 2.24) is 44.3 Å². The van der Waals surface area contributed by atoms with Crippen molar-refractivity contribution in [3.8, 4) is 34.5 Å². The highest BCUT2D eigenvalue weighted by molar-refractivity contribution is 7.19. The Bertz CT molecular complexity index is 5160. The maximum atomic E-state index is 15.5. The SMILES string of the molecule is C=CC(=O)Nc1cn(C)nc1Cc1cc2c(cn1)CC(C1(c3c(F)c(OC)cc(OC)c3F)CC1)=C2.C=CC(=O)Nc1cn(C)nc1Cc1cc2cc(C(F)(F)c3c(F)c(OC)cc(OC)c3F)sc2cn1.C=CC(=O)Nc1cn(C)nc1Cc1cc2cc(C3(c4c(F)c(OC)cc(OC)c4F)CC3)oc2cn1. The Morgan fingerprint density at radius 3 is 1.33 bits per heavy atom. The lowest BCUT2D eigenvalue weighted by atomic mass is 9.85. The van der Waals surface area contributed by atoms with Crippen molar-refractivity contribution >= 4 is 73.3 Å². The van der Waals surface area contributed by atoms with Gasteiger partial charge in [0.15, 0.2) is 75.0 Å². The molecule has 3 amide bonds. The minimum absolute atomic E-state index is 0.00188. The number of hydrogen-bond donors (Lipinski definition) is 3. The van der Waals surface area contributed by atoms with Gasteiger partial charge >= 0.3 is 5.92 Å². The third-order valence-electron chi connectivity index (χ3n) is 18.7. The van der Waals surface area contributed by atoms with Gasteiger partial charge in [0, 0.05) is 129 Å². The first-order valence-electron chi connectivity index (χ1n) is 33.2. The Balaban J connectivity index is 0.000000151. The van der Waals surface area contributed by atoms with E-state index in [4.69, 9.17) is 32.8 Å². The van der Waals surface area contributed by atoms with E-state index in [2.05, 4.69) is 65.9 Å². The standard InChI is InChI=1S/C27H26F2N4O3.C26H24F2N4O4.C24H20F4N4O3S/c1-5-23(34)31-20-14-33(2)32-19(20)11-18-10-15-8-17(9-16(15)13-30-18)27(6-7-27)24-25(28)21(35-3)12-22(36-4)26(24)29;1-5-22(33)30-17-13-32(2)31-16(17)10-15-8-14-9-21(36-20(14)12-29-15)26(6-7-26)23-24(27)18(34-3)11-19(35-4)25(23)28;1-5-20(33)30-15-11-32(2)31-14(15)8-13-6-12-7-19(36-18(12)10-29-13)24(27,28)21-22(25)16(34-3)9-17(35-4)23(21)26/h5,8,10,12-14H,1,6-7,9,11H2,2-4H3,(H,31,34);5,8-9,11-13H,1,6-7,10H2,2-4H3,(H,30,33);5-7,9-11H,1,8H2,2-4H3,(H,30,33). The quantitative estimate of drug-likeness (QED) is 0.0376. The van der Waals surface area contributed by atoms with Crippen LogP contribution in [0.4, 0.5) is 52.2 Å². The Kier molecular flexibility index (Phi) is 21.2. The van der Waals surface area contributed by atoms with Gasteiger partial charge in [-0.2, -0.15) is 24.1 Å². The Hall–Kier alpha value is -12.2. The van der Waals surface area contributed by atoms with Crippen LogP contribution in [0.2, 0.25) is 0 Å². The minimum Gasteiger partial charge on any atom is -0.494 e. The van der Waals surface area contributed by atoms with E-state index < -0.39 is 79.5 Å². The van der Waals surface area contributed by atoms with E-state index in [0.717, 1.165) is 60.2 Å². The van der Waals surface area contributed by atoms with Crippen LogP contribution in [0.3, 0.4) is 0 Å². The van der Waals surface area contributed by atoms with E-state index in [0.29, 0.717) is 123 Å². The van der Waals surface area contributed by atoms with Gasteiger partial charge in [-0.25, -0.2) is 26.3 Å². The van der Waals surface area contributed by atoms with Crippen LogP contribution < -0.4 is 44.4 Å². The van der Waals surface area contributed by atoms with Crippen LogP contribution in [0, 0.1) is 34.9 Å². The van der Waals surface area contributed by atoms with Crippen molar-refractivity contribution in [3.05, 3.63) is 237 Å². The number of benzene rings is 3. The van der Waals surface area contributed by atoms with Crippen molar-refractivity contribution in [2.75, 3.05) is 58.6 Å². The minimum atomic E-state index is -4.02. The number of fused-ring (bicyclic) bond motifs is 3. The second-order valence-corrected chi connectivity index (χ2v) is 26.6. The highest BCUT2D eigenvalue weighted by atomic mass is 32.1. The first kappa shape index (κ1) is 75.5. The molecule has 3 aliphatic carbocycles. The van der Waals surface area contributed by atoms with Gasteiger partial charge in [-0.15, -0.1) is 11.3 Å². The number of carbonyl (C=O) groups is 3. The number of alkyl halides is 2. The highest BCUT2D eigenvalue weighted by Gasteiger charge is 2.55. The van der Waals surface area contributed by atoms with Crippen molar-refractivity contribution in [3.63, 3.8) is 0 Å². The zero-order chi connectivity index (χ0) is 77.4. The molecule has 3 N–H and O–H groups in total. The average Bonchev–Trinajstić information content (AvgIpc) is 1.56. The molecule has 2 saturated carbocycles. The average molecular weight is 1510 g/mol. The summed E-state index contributed by atoms with van der Waals surface area (Å²) in [5, 5.41) is 22.5. The van der Waals surface area contributed by atoms with Crippen LogP contribution in [-0.4, -0.2) is 105 Å². The number of methoxy groups -OCH3 is 6. The number of hydrogen-bond acceptors (Lipinski definition) is 17. The molecule has 0 unspecified atom stereocenters. The molecule has 0 bridgehead atoms. The number of carbonyl (C=O) groups excluding carboxylic acids is 3. The Morgan fingerprint density at radius 1 is 0.528 bits per heavy atom. The van der Waals surface area contributed by atoms with E-state index in [-0.39, 0.29) is 52.4 Å². The summed E-state index contributed by atoms with van der Waals surface area (Å²) < 4.78 is 163. The normalized spacial score (nSPS) is 13.6. The summed E-state index contributed by atoms with van der Waals surface area (Å²) in [4.78, 5) is 48.0. The third-order valence-corrected chi connectivity index (χ3v) is 19.8. The van der Waals surface area contributed by atoms with Gasteiger partial charge < -0.3 is 48.8 Å². The molecule has 0 radical (unpaired) electrons. The monoisotopic (exact) mass is 1510 g/mol. The van der Waals surface area contributed by atoms with E-state index in [1.165, 1.54) is 63.6 Å². The summed E-state index contributed by atoms with van der Waals surface area (Å²) in [5.74, 6) is -12.0. The number of aromatic nitrogens is 9. The van der Waals surface area contributed by atoms with Crippen LogP contribution in [0.5, 0.6) is 34.5 Å². The number of rotatable bonds is 24. The van der Waals surface area contributed by atoms with Crippen LogP contribution in [0.15, 0.2) is 134 Å². The molecule has 11 aromatic rings. The molecule has 22 nitrogen and oxygen atoms in total. The van der Waals surface area contributed by atoms with Gasteiger partial charge in [-0.05, 0) is 97.2 Å². The van der Waals surface area contributed by atoms with E-state index in [1.54, 1.807) is 73.6 Å². The van der Waals surface area contributed by atoms with E-state index >= 15 is 26.3 Å². The molecule has 31 heteroatoms. The molecule has 3 aromatic carbocycles. The molecule has 8 heterocycles. The number of amides is 3. The van der Waals surface area contributed by atoms with Crippen molar-refractivity contribution in [2.24, 2.45) is 21.1 Å². The van der Waals surface area contributed by atoms with Gasteiger partial charge in [-0.1, -0.05) is 31.4 Å². The van der Waals surface area contributed by atoms with Crippen LogP contribution in [0.1, 0.15) is 98.3 Å². The van der Waals surface area contributed by atoms with Crippen molar-refractivity contribution < 1.29 is 82.3 Å². The molecule has 8 aromatic heterocycles. The Morgan fingerprint density at radius 2 is 0.917 bits per heavy atom. The highest BCUT2D eigenvalue weighted by Crippen LogP contribution is 2.60. The molecule has 0 atom stereocenters. The van der Waals surface area contributed by atoms with Crippen LogP contribution in [0.25, 0.3) is 27.1 Å². The molecule has 0 saturated heterocycles. The van der Waals surface area contributed by atoms with E-state index in [9.17, 15) is 23.2 Å². The number of furan rings is 1. The maximum absolute atomic E-state index is 15.5. The van der Waals surface area contributed by atoms with Gasteiger partial charge in [0.1, 0.15) is 11.3 Å². The first-order chi connectivity index (χ1) is 51.7. The molecule has 3 aliphatic rings. The number of halogens is 8. The zero-order valence-electron chi connectivity index (χ0n) is 59.7. The predicted molar refractivity (Wildman–Crippen MR) is 386 cm³/mol. The molecular formula is C77H70F8N12O10S. The number of ether oxygens (including phenoxy) is 6. The summed E-state index contributed by atoms with van der Waals surface area (Å²) in [5.41, 5.74) is 5.49. The second kappa shape index (κ2) is 30.4. The maximum Gasteiger partial charge on any atom is 0.313 e. The number of aryl methyl sites for hydroxylation is 3.